The Bertz CT molecular complexity index is 1080. The van der Waals surface area contributed by atoms with Crippen LogP contribution >= 0.6 is 0 Å². The number of nitrogens with zero attached hydrogens (tertiary/aromatic N) is 1. The van der Waals surface area contributed by atoms with Gasteiger partial charge < -0.3 is 19.1 Å². The van der Waals surface area contributed by atoms with Crippen LogP contribution in [-0.4, -0.2) is 42.8 Å². The molecule has 33 heavy (non-hydrogen) atoms. The molecular weight excluding hydrogens is 414 g/mol. The molecule has 0 N–H and O–H groups in total. The van der Waals surface area contributed by atoms with E-state index in [-0.39, 0.29) is 5.78 Å². The Morgan fingerprint density at radius 2 is 1.61 bits per heavy atom. The van der Waals surface area contributed by atoms with Crippen LogP contribution < -0.4 is 0 Å². The average molecular weight is 444 g/mol. The molecule has 1 fully saturated rings. The van der Waals surface area contributed by atoms with E-state index in [1.165, 1.54) is 0 Å². The highest BCUT2D eigenvalue weighted by molar-refractivity contribution is 6.04. The molecule has 170 valence electrons. The molecule has 0 saturated carbocycles. The van der Waals surface area contributed by atoms with E-state index in [4.69, 9.17) is 14.2 Å². The summed E-state index contributed by atoms with van der Waals surface area (Å²) in [6, 6.07) is 19.9. The van der Waals surface area contributed by atoms with Gasteiger partial charge >= 0.3 is 0 Å². The quantitative estimate of drug-likeness (QED) is 0.575. The van der Waals surface area contributed by atoms with Gasteiger partial charge in [0.25, 0.3) is 0 Å². The fraction of sp³-hybridized carbons (Fsp3) is 0.250. The van der Waals surface area contributed by atoms with Crippen molar-refractivity contribution in [2.45, 2.75) is 19.6 Å². The second-order valence-corrected chi connectivity index (χ2v) is 8.30. The Morgan fingerprint density at radius 3 is 2.30 bits per heavy atom. The van der Waals surface area contributed by atoms with E-state index in [0.29, 0.717) is 19.0 Å². The predicted molar refractivity (Wildman–Crippen MR) is 130 cm³/mol. The maximum Gasteiger partial charge on any atom is 0.245 e. The molecule has 0 atom stereocenters. The minimum absolute atomic E-state index is 0.0872. The molecule has 2 aromatic carbocycles. The van der Waals surface area contributed by atoms with Crippen molar-refractivity contribution < 1.29 is 19.0 Å². The van der Waals surface area contributed by atoms with Crippen molar-refractivity contribution in [3.63, 3.8) is 0 Å². The molecule has 2 aliphatic rings. The maximum atomic E-state index is 12.8. The smallest absolute Gasteiger partial charge is 0.245 e. The lowest BCUT2D eigenvalue weighted by Gasteiger charge is -2.33. The topological polar surface area (TPSA) is 48.0 Å². The van der Waals surface area contributed by atoms with E-state index >= 15 is 0 Å². The van der Waals surface area contributed by atoms with Gasteiger partial charge in [-0.25, -0.2) is 0 Å². The second-order valence-electron chi connectivity index (χ2n) is 8.30. The third-order valence-corrected chi connectivity index (χ3v) is 5.27. The van der Waals surface area contributed by atoms with E-state index in [2.05, 4.69) is 4.90 Å². The van der Waals surface area contributed by atoms with Crippen molar-refractivity contribution >= 4 is 17.2 Å². The van der Waals surface area contributed by atoms with E-state index in [1.54, 1.807) is 24.3 Å². The molecule has 5 heteroatoms. The van der Waals surface area contributed by atoms with Gasteiger partial charge in [-0.15, -0.1) is 0 Å². The lowest BCUT2D eigenvalue weighted by Crippen LogP contribution is -2.35. The third kappa shape index (κ3) is 6.24. The first kappa shape index (κ1) is 22.6. The van der Waals surface area contributed by atoms with E-state index < -0.39 is 5.79 Å². The highest BCUT2D eigenvalue weighted by Gasteiger charge is 2.28. The fourth-order valence-corrected chi connectivity index (χ4v) is 3.78. The number of allylic oxidation sites excluding steroid dienone is 5. The van der Waals surface area contributed by atoms with E-state index in [1.807, 2.05) is 80.6 Å². The van der Waals surface area contributed by atoms with Crippen molar-refractivity contribution in [1.82, 2.24) is 4.90 Å². The number of morpholine rings is 1. The van der Waals surface area contributed by atoms with Crippen LogP contribution in [0.15, 0.2) is 96.8 Å². The number of hydrogen-bond acceptors (Lipinski definition) is 5. The summed E-state index contributed by atoms with van der Waals surface area (Å²) >= 11 is 0. The zero-order valence-electron chi connectivity index (χ0n) is 19.1. The Hall–Kier alpha value is -3.57. The SMILES string of the molecule is CC1(C)OC(c2ccccc2)=C/C(=C/C=C/C(=O)/C=C(\c2ccccc2)N2CCOCC2)O1. The van der Waals surface area contributed by atoms with Gasteiger partial charge in [-0.05, 0) is 17.7 Å². The molecule has 0 spiro atoms. The molecule has 0 bridgehead atoms. The summed E-state index contributed by atoms with van der Waals surface area (Å²) in [7, 11) is 0. The molecule has 2 aromatic rings. The van der Waals surface area contributed by atoms with Crippen LogP contribution in [0.25, 0.3) is 11.5 Å². The number of hydrogen-bond donors (Lipinski definition) is 0. The summed E-state index contributed by atoms with van der Waals surface area (Å²) in [5.74, 6) is 0.474. The molecule has 1 saturated heterocycles. The maximum absolute atomic E-state index is 12.8. The molecular formula is C28H29NO4. The number of benzene rings is 2. The molecule has 5 nitrogen and oxygen atoms in total. The first-order valence-electron chi connectivity index (χ1n) is 11.2. The molecule has 0 unspecified atom stereocenters. The standard InChI is InChI=1S/C28H29NO4/c1-28(2)32-25(21-27(33-28)23-12-7-4-8-13-23)15-9-14-24(30)20-26(22-10-5-3-6-11-22)29-16-18-31-19-17-29/h3-15,20-21H,16-19H2,1-2H3/b14-9+,25-15-,26-20+. The van der Waals surface area contributed by atoms with Gasteiger partial charge in [-0.1, -0.05) is 66.7 Å². The van der Waals surface area contributed by atoms with Crippen molar-refractivity contribution in [3.05, 3.63) is 108 Å². The van der Waals surface area contributed by atoms with Crippen LogP contribution in [0.5, 0.6) is 0 Å². The van der Waals surface area contributed by atoms with Crippen LogP contribution in [0.3, 0.4) is 0 Å². The molecule has 0 radical (unpaired) electrons. The minimum atomic E-state index is -0.805. The predicted octanol–water partition coefficient (Wildman–Crippen LogP) is 5.19. The average Bonchev–Trinajstić information content (AvgIpc) is 2.83. The van der Waals surface area contributed by atoms with Crippen LogP contribution in [0.2, 0.25) is 0 Å². The lowest BCUT2D eigenvalue weighted by atomic mass is 10.1. The highest BCUT2D eigenvalue weighted by atomic mass is 16.7. The zero-order valence-corrected chi connectivity index (χ0v) is 19.1. The van der Waals surface area contributed by atoms with Crippen LogP contribution in [0.4, 0.5) is 0 Å². The van der Waals surface area contributed by atoms with Gasteiger partial charge in [0.2, 0.25) is 5.79 Å². The van der Waals surface area contributed by atoms with Crippen LogP contribution in [0, 0.1) is 0 Å². The number of ketones is 1. The fourth-order valence-electron chi connectivity index (χ4n) is 3.78. The van der Waals surface area contributed by atoms with Gasteiger partial charge in [0.05, 0.1) is 13.2 Å². The summed E-state index contributed by atoms with van der Waals surface area (Å²) < 4.78 is 17.4. The van der Waals surface area contributed by atoms with Crippen molar-refractivity contribution in [2.75, 3.05) is 26.3 Å². The first-order chi connectivity index (χ1) is 16.0. The zero-order chi connectivity index (χ0) is 23.1. The molecule has 4 rings (SSSR count). The first-order valence-corrected chi connectivity index (χ1v) is 11.2. The van der Waals surface area contributed by atoms with Crippen molar-refractivity contribution in [2.24, 2.45) is 0 Å². The number of carbonyl (C=O) groups is 1. The summed E-state index contributed by atoms with van der Waals surface area (Å²) in [4.78, 5) is 15.0. The van der Waals surface area contributed by atoms with Crippen molar-refractivity contribution in [3.8, 4) is 0 Å². The van der Waals surface area contributed by atoms with Crippen molar-refractivity contribution in [1.29, 1.82) is 0 Å². The summed E-state index contributed by atoms with van der Waals surface area (Å²) in [5.41, 5.74) is 2.90. The number of carbonyl (C=O) groups excluding carboxylic acids is 1. The molecule has 2 aliphatic heterocycles. The van der Waals surface area contributed by atoms with E-state index in [9.17, 15) is 4.79 Å². The Kier molecular flexibility index (Phi) is 7.10. The summed E-state index contributed by atoms with van der Waals surface area (Å²) in [6.07, 6.45) is 8.59. The van der Waals surface area contributed by atoms with Gasteiger partial charge in [0.1, 0.15) is 11.5 Å². The largest absolute Gasteiger partial charge is 0.453 e. The van der Waals surface area contributed by atoms with Gasteiger partial charge in [0, 0.05) is 50.3 Å². The molecule has 0 aliphatic carbocycles. The lowest BCUT2D eigenvalue weighted by molar-refractivity contribution is -0.149. The summed E-state index contributed by atoms with van der Waals surface area (Å²) in [6.45, 7) is 6.57. The Morgan fingerprint density at radius 1 is 0.939 bits per heavy atom. The van der Waals surface area contributed by atoms with Gasteiger partial charge in [-0.3, -0.25) is 4.79 Å². The van der Waals surface area contributed by atoms with Crippen LogP contribution in [-0.2, 0) is 19.0 Å². The second kappa shape index (κ2) is 10.4. The molecule has 2 heterocycles. The number of ether oxygens (including phenoxy) is 3. The summed E-state index contributed by atoms with van der Waals surface area (Å²) in [5, 5.41) is 0. The normalized spacial score (nSPS) is 19.7. The van der Waals surface area contributed by atoms with Gasteiger partial charge in [0.15, 0.2) is 5.78 Å². The molecule has 0 aromatic heterocycles. The Labute approximate surface area is 195 Å². The Balaban J connectivity index is 1.54. The van der Waals surface area contributed by atoms with Crippen LogP contribution in [0.1, 0.15) is 25.0 Å². The van der Waals surface area contributed by atoms with Gasteiger partial charge in [-0.2, -0.15) is 0 Å². The monoisotopic (exact) mass is 443 g/mol. The molecule has 0 amide bonds. The minimum Gasteiger partial charge on any atom is -0.453 e. The highest BCUT2D eigenvalue weighted by Crippen LogP contribution is 2.32. The third-order valence-electron chi connectivity index (χ3n) is 5.27. The van der Waals surface area contributed by atoms with E-state index in [0.717, 1.165) is 35.7 Å². The number of rotatable bonds is 6.